The van der Waals surface area contributed by atoms with Gasteiger partial charge in [0.25, 0.3) is 0 Å². The molecule has 0 aliphatic carbocycles. The molecule has 1 N–H and O–H groups in total. The van der Waals surface area contributed by atoms with E-state index < -0.39 is 0 Å². The van der Waals surface area contributed by atoms with E-state index in [0.29, 0.717) is 18.0 Å². The molecular weight excluding hydrogens is 228 g/mol. The fourth-order valence-corrected chi connectivity index (χ4v) is 2.88. The Morgan fingerprint density at radius 2 is 2.28 bits per heavy atom. The zero-order chi connectivity index (χ0) is 12.5. The van der Waals surface area contributed by atoms with Gasteiger partial charge >= 0.3 is 0 Å². The number of fused-ring (bicyclic) bond motifs is 1. The smallest absolute Gasteiger partial charge is 0.221 e. The normalized spacial score (nSPS) is 31.1. The molecule has 1 aromatic heterocycles. The second kappa shape index (κ2) is 4.88. The van der Waals surface area contributed by atoms with Gasteiger partial charge in [0.05, 0.1) is 12.6 Å². The summed E-state index contributed by atoms with van der Waals surface area (Å²) in [6.07, 6.45) is 4.47. The maximum atomic E-state index is 5.43. The number of hydrogen-bond acceptors (Lipinski definition) is 4. The van der Waals surface area contributed by atoms with Crippen LogP contribution in [0.15, 0.2) is 0 Å². The number of nitrogens with one attached hydrogen (secondary N) is 1. The highest BCUT2D eigenvalue weighted by atomic mass is 16.5. The molecule has 0 aromatic carbocycles. The zero-order valence-electron chi connectivity index (χ0n) is 11.2. The quantitative estimate of drug-likeness (QED) is 0.894. The molecule has 5 nitrogen and oxygen atoms in total. The summed E-state index contributed by atoms with van der Waals surface area (Å²) >= 11 is 0. The van der Waals surface area contributed by atoms with Crippen LogP contribution in [0.3, 0.4) is 0 Å². The fourth-order valence-electron chi connectivity index (χ4n) is 2.88. The molecule has 0 amide bonds. The van der Waals surface area contributed by atoms with Gasteiger partial charge < -0.3 is 10.1 Å². The van der Waals surface area contributed by atoms with Crippen molar-refractivity contribution in [3.05, 3.63) is 5.82 Å². The minimum Gasteiger partial charge on any atom is -0.381 e. The van der Waals surface area contributed by atoms with E-state index in [1.807, 2.05) is 0 Å². The predicted octanol–water partition coefficient (Wildman–Crippen LogP) is 2.33. The van der Waals surface area contributed by atoms with Gasteiger partial charge in [0.2, 0.25) is 5.95 Å². The maximum absolute atomic E-state index is 5.43. The highest BCUT2D eigenvalue weighted by Crippen LogP contribution is 2.31. The molecule has 0 spiro atoms. The van der Waals surface area contributed by atoms with Crippen molar-refractivity contribution in [2.45, 2.75) is 57.5 Å². The van der Waals surface area contributed by atoms with Crippen LogP contribution in [0.5, 0.6) is 0 Å². The van der Waals surface area contributed by atoms with E-state index in [2.05, 4.69) is 28.8 Å². The molecule has 5 heteroatoms. The van der Waals surface area contributed by atoms with Gasteiger partial charge in [-0.25, -0.2) is 4.68 Å². The van der Waals surface area contributed by atoms with E-state index in [0.717, 1.165) is 50.7 Å². The first-order chi connectivity index (χ1) is 8.81. The Kier molecular flexibility index (Phi) is 3.24. The van der Waals surface area contributed by atoms with Crippen LogP contribution in [0.4, 0.5) is 5.95 Å². The predicted molar refractivity (Wildman–Crippen MR) is 69.8 cm³/mol. The first kappa shape index (κ1) is 12.0. The van der Waals surface area contributed by atoms with Crippen LogP contribution < -0.4 is 5.32 Å². The fraction of sp³-hybridized carbons (Fsp3) is 0.846. The first-order valence-electron chi connectivity index (χ1n) is 7.12. The van der Waals surface area contributed by atoms with Crippen molar-refractivity contribution in [3.63, 3.8) is 0 Å². The molecule has 1 saturated heterocycles. The minimum absolute atomic E-state index is 0.391. The number of hydrogen-bond donors (Lipinski definition) is 1. The molecule has 0 bridgehead atoms. The average molecular weight is 250 g/mol. The largest absolute Gasteiger partial charge is 0.381 e. The third kappa shape index (κ3) is 2.00. The average Bonchev–Trinajstić information content (AvgIpc) is 3.05. The van der Waals surface area contributed by atoms with E-state index in [-0.39, 0.29) is 0 Å². The van der Waals surface area contributed by atoms with Gasteiger partial charge in [-0.1, -0.05) is 13.8 Å². The first-order valence-corrected chi connectivity index (χ1v) is 7.12. The molecule has 0 radical (unpaired) electrons. The molecule has 0 saturated carbocycles. The number of aromatic nitrogens is 3. The molecule has 1 fully saturated rings. The van der Waals surface area contributed by atoms with Crippen LogP contribution in [-0.4, -0.2) is 34.0 Å². The molecule has 18 heavy (non-hydrogen) atoms. The van der Waals surface area contributed by atoms with Crippen molar-refractivity contribution in [2.24, 2.45) is 0 Å². The summed E-state index contributed by atoms with van der Waals surface area (Å²) in [7, 11) is 0. The Morgan fingerprint density at radius 3 is 2.94 bits per heavy atom. The van der Waals surface area contributed by atoms with Crippen LogP contribution in [0.2, 0.25) is 0 Å². The van der Waals surface area contributed by atoms with Crippen molar-refractivity contribution >= 4 is 5.95 Å². The van der Waals surface area contributed by atoms with Crippen molar-refractivity contribution in [2.75, 3.05) is 18.5 Å². The van der Waals surface area contributed by atoms with Gasteiger partial charge in [0.15, 0.2) is 5.82 Å². The van der Waals surface area contributed by atoms with Crippen LogP contribution in [0.1, 0.15) is 57.3 Å². The standard InChI is InChI=1S/C13H22N4O/c1-3-10-7-11(4-2)17-13(14-10)15-12(16-17)9-5-6-18-8-9/h9-11H,3-8H2,1-2H3,(H,14,15,16). The lowest BCUT2D eigenvalue weighted by atomic mass is 10.0. The Bertz CT molecular complexity index is 411. The topological polar surface area (TPSA) is 52.0 Å². The summed E-state index contributed by atoms with van der Waals surface area (Å²) in [6, 6.07) is 1.04. The summed E-state index contributed by atoms with van der Waals surface area (Å²) in [6.45, 7) is 6.07. The van der Waals surface area contributed by atoms with Crippen molar-refractivity contribution in [3.8, 4) is 0 Å². The monoisotopic (exact) mass is 250 g/mol. The lowest BCUT2D eigenvalue weighted by molar-refractivity contribution is 0.193. The molecular formula is C13H22N4O. The Morgan fingerprint density at radius 1 is 1.39 bits per heavy atom. The summed E-state index contributed by atoms with van der Waals surface area (Å²) < 4.78 is 7.53. The molecule has 2 aliphatic heterocycles. The molecule has 1 aromatic rings. The number of rotatable bonds is 3. The number of anilines is 1. The van der Waals surface area contributed by atoms with Gasteiger partial charge in [-0.3, -0.25) is 0 Å². The summed E-state index contributed by atoms with van der Waals surface area (Å²) in [4.78, 5) is 4.69. The molecule has 2 aliphatic rings. The lowest BCUT2D eigenvalue weighted by Gasteiger charge is -2.29. The van der Waals surface area contributed by atoms with E-state index in [9.17, 15) is 0 Å². The highest BCUT2D eigenvalue weighted by molar-refractivity contribution is 5.31. The Hall–Kier alpha value is -1.10. The van der Waals surface area contributed by atoms with Gasteiger partial charge in [0.1, 0.15) is 0 Å². The van der Waals surface area contributed by atoms with Crippen LogP contribution >= 0.6 is 0 Å². The summed E-state index contributed by atoms with van der Waals surface area (Å²) in [5.41, 5.74) is 0. The second-order valence-electron chi connectivity index (χ2n) is 5.35. The maximum Gasteiger partial charge on any atom is 0.221 e. The van der Waals surface area contributed by atoms with Crippen LogP contribution in [0, 0.1) is 0 Å². The Labute approximate surface area is 108 Å². The van der Waals surface area contributed by atoms with Crippen LogP contribution in [-0.2, 0) is 4.74 Å². The number of ether oxygens (including phenoxy) is 1. The van der Waals surface area contributed by atoms with Crippen molar-refractivity contribution < 1.29 is 4.74 Å². The van der Waals surface area contributed by atoms with Gasteiger partial charge in [-0.15, -0.1) is 0 Å². The zero-order valence-corrected chi connectivity index (χ0v) is 11.2. The molecule has 100 valence electrons. The molecule has 3 heterocycles. The number of nitrogens with zero attached hydrogens (tertiary/aromatic N) is 3. The van der Waals surface area contributed by atoms with Crippen LogP contribution in [0.25, 0.3) is 0 Å². The van der Waals surface area contributed by atoms with Gasteiger partial charge in [0, 0.05) is 18.6 Å². The summed E-state index contributed by atoms with van der Waals surface area (Å²) in [5, 5.41) is 8.22. The lowest BCUT2D eigenvalue weighted by Crippen LogP contribution is -2.31. The van der Waals surface area contributed by atoms with E-state index in [4.69, 9.17) is 9.84 Å². The Balaban J connectivity index is 1.87. The third-order valence-corrected chi connectivity index (χ3v) is 4.14. The molecule has 3 atom stereocenters. The van der Waals surface area contributed by atoms with Crippen molar-refractivity contribution in [1.29, 1.82) is 0 Å². The summed E-state index contributed by atoms with van der Waals surface area (Å²) in [5.74, 6) is 2.31. The van der Waals surface area contributed by atoms with Gasteiger partial charge in [-0.2, -0.15) is 10.1 Å². The van der Waals surface area contributed by atoms with Crippen molar-refractivity contribution in [1.82, 2.24) is 14.8 Å². The van der Waals surface area contributed by atoms with Gasteiger partial charge in [-0.05, 0) is 25.7 Å². The highest BCUT2D eigenvalue weighted by Gasteiger charge is 2.30. The molecule has 3 unspecified atom stereocenters. The van der Waals surface area contributed by atoms with E-state index >= 15 is 0 Å². The second-order valence-corrected chi connectivity index (χ2v) is 5.35. The third-order valence-electron chi connectivity index (χ3n) is 4.14. The van der Waals surface area contributed by atoms with E-state index in [1.54, 1.807) is 0 Å². The molecule has 3 rings (SSSR count). The SMILES string of the molecule is CCC1CC(CC)n2nc(C3CCOC3)nc2N1. The minimum atomic E-state index is 0.391. The van der Waals surface area contributed by atoms with E-state index in [1.165, 1.54) is 0 Å².